The SMILES string of the molecule is CCCCC/C=C\C/C=C\C/C=C\CCCCCCCCC(=O)OC(COC(=O)CCCCCCCCC/C=C\C/C=C\CCCCCC)COP(=O)(O)O. The number of carbonyl (C=O) groups excluding carboxylic acids is 2. The molecule has 0 aromatic carbocycles. The Morgan fingerprint density at radius 3 is 1.25 bits per heavy atom. The summed E-state index contributed by atoms with van der Waals surface area (Å²) < 4.78 is 26.4. The second-order valence-electron chi connectivity index (χ2n) is 14.7. The molecule has 0 fully saturated rings. The molecule has 0 spiro atoms. The van der Waals surface area contributed by atoms with Crippen LogP contribution in [0.15, 0.2) is 60.8 Å². The number of phosphoric ester groups is 1. The van der Waals surface area contributed by atoms with E-state index in [2.05, 4.69) is 79.1 Å². The topological polar surface area (TPSA) is 119 Å². The Morgan fingerprint density at radius 2 is 0.818 bits per heavy atom. The maximum Gasteiger partial charge on any atom is 0.469 e. The van der Waals surface area contributed by atoms with E-state index in [1.807, 2.05) is 0 Å². The van der Waals surface area contributed by atoms with Gasteiger partial charge in [-0.15, -0.1) is 0 Å². The lowest BCUT2D eigenvalue weighted by atomic mass is 10.1. The minimum Gasteiger partial charge on any atom is -0.462 e. The minimum atomic E-state index is -4.76. The lowest BCUT2D eigenvalue weighted by molar-refractivity contribution is -0.161. The third-order valence-corrected chi connectivity index (χ3v) is 9.74. The molecule has 0 saturated heterocycles. The van der Waals surface area contributed by atoms with Gasteiger partial charge in [0.15, 0.2) is 6.10 Å². The first-order valence-corrected chi connectivity index (χ1v) is 23.6. The molecule has 9 heteroatoms. The molecular weight excluding hydrogens is 711 g/mol. The Morgan fingerprint density at radius 1 is 0.473 bits per heavy atom. The average Bonchev–Trinajstić information content (AvgIpc) is 3.16. The predicted molar refractivity (Wildman–Crippen MR) is 230 cm³/mol. The van der Waals surface area contributed by atoms with E-state index in [1.54, 1.807) is 0 Å². The summed E-state index contributed by atoms with van der Waals surface area (Å²) in [5.74, 6) is -0.909. The van der Waals surface area contributed by atoms with Gasteiger partial charge in [-0.3, -0.25) is 14.1 Å². The van der Waals surface area contributed by atoms with E-state index in [1.165, 1.54) is 77.0 Å². The van der Waals surface area contributed by atoms with Gasteiger partial charge in [0.05, 0.1) is 6.61 Å². The van der Waals surface area contributed by atoms with Gasteiger partial charge in [0.1, 0.15) is 6.61 Å². The Bertz CT molecular complexity index is 1070. The molecule has 0 aliphatic heterocycles. The van der Waals surface area contributed by atoms with Crippen molar-refractivity contribution in [3.05, 3.63) is 60.8 Å². The number of ether oxygens (including phenoxy) is 2. The first kappa shape index (κ1) is 52.8. The fraction of sp³-hybridized carbons (Fsp3) is 0.739. The monoisotopic (exact) mass is 793 g/mol. The molecule has 0 aromatic heterocycles. The maximum atomic E-state index is 12.4. The van der Waals surface area contributed by atoms with Crippen LogP contribution < -0.4 is 0 Å². The lowest BCUT2D eigenvalue weighted by Gasteiger charge is -2.18. The van der Waals surface area contributed by atoms with Gasteiger partial charge in [0, 0.05) is 12.8 Å². The number of unbranched alkanes of at least 4 members (excludes halogenated alkanes) is 20. The Kier molecular flexibility index (Phi) is 39.7. The van der Waals surface area contributed by atoms with E-state index in [9.17, 15) is 14.2 Å². The molecule has 2 N–H and O–H groups in total. The molecule has 0 rings (SSSR count). The summed E-state index contributed by atoms with van der Waals surface area (Å²) >= 11 is 0. The highest BCUT2D eigenvalue weighted by molar-refractivity contribution is 7.46. The molecule has 0 radical (unpaired) electrons. The van der Waals surface area contributed by atoms with Crippen molar-refractivity contribution in [1.82, 2.24) is 0 Å². The summed E-state index contributed by atoms with van der Waals surface area (Å²) in [4.78, 5) is 42.9. The summed E-state index contributed by atoms with van der Waals surface area (Å²) in [7, 11) is -4.76. The van der Waals surface area contributed by atoms with Crippen LogP contribution in [0.4, 0.5) is 0 Å². The van der Waals surface area contributed by atoms with Gasteiger partial charge in [-0.1, -0.05) is 164 Å². The van der Waals surface area contributed by atoms with E-state index in [-0.39, 0.29) is 19.4 Å². The van der Waals surface area contributed by atoms with E-state index in [4.69, 9.17) is 19.3 Å². The molecule has 318 valence electrons. The van der Waals surface area contributed by atoms with Gasteiger partial charge in [-0.05, 0) is 83.5 Å². The smallest absolute Gasteiger partial charge is 0.462 e. The maximum absolute atomic E-state index is 12.4. The van der Waals surface area contributed by atoms with Gasteiger partial charge in [0.2, 0.25) is 0 Å². The number of phosphoric acid groups is 1. The van der Waals surface area contributed by atoms with Crippen LogP contribution in [0.25, 0.3) is 0 Å². The van der Waals surface area contributed by atoms with Crippen molar-refractivity contribution < 1.29 is 37.9 Å². The third kappa shape index (κ3) is 44.3. The number of hydrogen-bond acceptors (Lipinski definition) is 6. The quantitative estimate of drug-likeness (QED) is 0.0272. The molecule has 1 atom stereocenters. The van der Waals surface area contributed by atoms with Gasteiger partial charge in [-0.2, -0.15) is 0 Å². The normalized spacial score (nSPS) is 13.0. The molecule has 0 heterocycles. The van der Waals surface area contributed by atoms with Crippen molar-refractivity contribution in [2.24, 2.45) is 0 Å². The van der Waals surface area contributed by atoms with Crippen LogP contribution >= 0.6 is 7.82 Å². The second-order valence-corrected chi connectivity index (χ2v) is 15.9. The van der Waals surface area contributed by atoms with Crippen molar-refractivity contribution in [1.29, 1.82) is 0 Å². The molecule has 0 bridgehead atoms. The van der Waals surface area contributed by atoms with Crippen LogP contribution in [0.1, 0.15) is 200 Å². The minimum absolute atomic E-state index is 0.193. The summed E-state index contributed by atoms with van der Waals surface area (Å²) in [6.07, 6.45) is 52.2. The Hall–Kier alpha value is -2.25. The van der Waals surface area contributed by atoms with Crippen molar-refractivity contribution in [2.75, 3.05) is 13.2 Å². The van der Waals surface area contributed by atoms with Crippen LogP contribution in [0.3, 0.4) is 0 Å². The molecule has 0 aliphatic carbocycles. The molecule has 0 amide bonds. The largest absolute Gasteiger partial charge is 0.469 e. The molecular formula is C46H81O8P. The number of hydrogen-bond donors (Lipinski definition) is 2. The zero-order valence-electron chi connectivity index (χ0n) is 35.1. The number of rotatable bonds is 40. The van der Waals surface area contributed by atoms with Crippen LogP contribution in [0.5, 0.6) is 0 Å². The van der Waals surface area contributed by atoms with Gasteiger partial charge >= 0.3 is 19.8 Å². The highest BCUT2D eigenvalue weighted by Crippen LogP contribution is 2.36. The summed E-state index contributed by atoms with van der Waals surface area (Å²) in [5.41, 5.74) is 0. The molecule has 1 unspecified atom stereocenters. The molecule has 0 saturated carbocycles. The molecule has 0 aliphatic rings. The zero-order chi connectivity index (χ0) is 40.3. The Balaban J connectivity index is 3.95. The lowest BCUT2D eigenvalue weighted by Crippen LogP contribution is -2.29. The van der Waals surface area contributed by atoms with Gasteiger partial charge < -0.3 is 19.3 Å². The average molecular weight is 793 g/mol. The predicted octanol–water partition coefficient (Wildman–Crippen LogP) is 13.7. The van der Waals surface area contributed by atoms with Gasteiger partial charge in [0.25, 0.3) is 0 Å². The summed E-state index contributed by atoms with van der Waals surface area (Å²) in [5, 5.41) is 0. The zero-order valence-corrected chi connectivity index (χ0v) is 36.0. The fourth-order valence-electron chi connectivity index (χ4n) is 5.94. The van der Waals surface area contributed by atoms with E-state index in [0.29, 0.717) is 12.8 Å². The second kappa shape index (κ2) is 41.4. The standard InChI is InChI=1S/C46H81O8P/c1-3-5-7-9-11-13-15-17-19-21-23-25-27-29-31-33-35-37-39-41-46(48)54-44(43-53-55(49,50)51)42-52-45(47)40-38-36-34-32-30-28-26-24-22-20-18-16-14-12-10-8-6-4-2/h11,13-14,16-17,19-20,22-23,25,44H,3-10,12,15,18,21,24,26-43H2,1-2H3,(H2,49,50,51)/b13-11-,16-14-,19-17-,22-20-,25-23-. The number of allylic oxidation sites excluding steroid dienone is 10. The first-order chi connectivity index (χ1) is 26.8. The van der Waals surface area contributed by atoms with E-state index < -0.39 is 32.5 Å². The molecule has 0 aromatic rings. The summed E-state index contributed by atoms with van der Waals surface area (Å²) in [6, 6.07) is 0. The first-order valence-electron chi connectivity index (χ1n) is 22.1. The number of esters is 2. The van der Waals surface area contributed by atoms with E-state index >= 15 is 0 Å². The summed E-state index contributed by atoms with van der Waals surface area (Å²) in [6.45, 7) is 3.63. The highest BCUT2D eigenvalue weighted by atomic mass is 31.2. The fourth-order valence-corrected chi connectivity index (χ4v) is 6.30. The van der Waals surface area contributed by atoms with Crippen LogP contribution in [0, 0.1) is 0 Å². The van der Waals surface area contributed by atoms with Crippen LogP contribution in [-0.2, 0) is 28.2 Å². The van der Waals surface area contributed by atoms with Crippen molar-refractivity contribution in [3.63, 3.8) is 0 Å². The number of carbonyl (C=O) groups is 2. The van der Waals surface area contributed by atoms with Crippen molar-refractivity contribution in [2.45, 2.75) is 206 Å². The van der Waals surface area contributed by atoms with E-state index in [0.717, 1.165) is 83.5 Å². The molecule has 8 nitrogen and oxygen atoms in total. The Labute approximate surface area is 337 Å². The van der Waals surface area contributed by atoms with Crippen molar-refractivity contribution >= 4 is 19.8 Å². The van der Waals surface area contributed by atoms with Crippen LogP contribution in [-0.4, -0.2) is 41.0 Å². The van der Waals surface area contributed by atoms with Crippen molar-refractivity contribution in [3.8, 4) is 0 Å². The molecule has 55 heavy (non-hydrogen) atoms. The highest BCUT2D eigenvalue weighted by Gasteiger charge is 2.22. The third-order valence-electron chi connectivity index (χ3n) is 9.26. The van der Waals surface area contributed by atoms with Crippen LogP contribution in [0.2, 0.25) is 0 Å². The van der Waals surface area contributed by atoms with Gasteiger partial charge in [-0.25, -0.2) is 4.57 Å².